The average Bonchev–Trinajstić information content (AvgIpc) is 2.21. The van der Waals surface area contributed by atoms with Gasteiger partial charge in [0, 0.05) is 12.0 Å². The molecule has 0 unspecified atom stereocenters. The maximum Gasteiger partial charge on any atom is 0.242 e. The smallest absolute Gasteiger partial charge is 0.242 e. The van der Waals surface area contributed by atoms with E-state index in [2.05, 4.69) is 25.7 Å². The van der Waals surface area contributed by atoms with Gasteiger partial charge in [0.05, 0.1) is 0 Å². The van der Waals surface area contributed by atoms with E-state index in [4.69, 9.17) is 4.43 Å². The second kappa shape index (κ2) is 4.05. The molecule has 3 heteroatoms. The van der Waals surface area contributed by atoms with E-state index in [1.54, 1.807) is 0 Å². The van der Waals surface area contributed by atoms with Crippen LogP contribution < -0.4 is 0 Å². The predicted octanol–water partition coefficient (Wildman–Crippen LogP) is 4.12. The molecule has 0 aliphatic heterocycles. The van der Waals surface area contributed by atoms with E-state index in [0.29, 0.717) is 12.2 Å². The minimum absolute atomic E-state index is 0.0962. The molecule has 0 atom stereocenters. The van der Waals surface area contributed by atoms with E-state index in [-0.39, 0.29) is 5.83 Å². The highest BCUT2D eigenvalue weighted by Gasteiger charge is 2.25. The fourth-order valence-corrected chi connectivity index (χ4v) is 2.71. The van der Waals surface area contributed by atoms with Gasteiger partial charge in [-0.05, 0) is 31.6 Å². The number of allylic oxidation sites excluding steroid dienone is 1. The Hall–Kier alpha value is -1.09. The van der Waals surface area contributed by atoms with Gasteiger partial charge < -0.3 is 4.43 Å². The number of benzene rings is 1. The van der Waals surface area contributed by atoms with Crippen molar-refractivity contribution in [2.75, 3.05) is 0 Å². The second-order valence-electron chi connectivity index (χ2n) is 5.11. The standard InChI is InChI=1S/C13H17FOSi/c1-16(2,3)15-13-11-7-5-4-6-10(11)8-9-12(13)14/h4-7H,8-9H2,1-3H3. The third kappa shape index (κ3) is 2.35. The fourth-order valence-electron chi connectivity index (χ4n) is 1.88. The molecule has 1 aliphatic carbocycles. The molecule has 0 N–H and O–H groups in total. The van der Waals surface area contributed by atoms with Gasteiger partial charge in [-0.2, -0.15) is 0 Å². The molecule has 0 amide bonds. The van der Waals surface area contributed by atoms with Crippen LogP contribution in [0.1, 0.15) is 17.5 Å². The van der Waals surface area contributed by atoms with Gasteiger partial charge in [-0.25, -0.2) is 4.39 Å². The maximum absolute atomic E-state index is 13.8. The SMILES string of the molecule is C[Si](C)(C)OC1=C(F)CCc2ccccc21. The highest BCUT2D eigenvalue weighted by atomic mass is 28.4. The summed E-state index contributed by atoms with van der Waals surface area (Å²) in [5.74, 6) is 0.391. The van der Waals surface area contributed by atoms with Crippen molar-refractivity contribution in [1.29, 1.82) is 0 Å². The third-order valence-corrected chi connectivity index (χ3v) is 3.35. The molecule has 0 radical (unpaired) electrons. The van der Waals surface area contributed by atoms with Gasteiger partial charge in [-0.3, -0.25) is 0 Å². The third-order valence-electron chi connectivity index (χ3n) is 2.53. The molecule has 0 spiro atoms. The summed E-state index contributed by atoms with van der Waals surface area (Å²) in [7, 11) is -1.75. The lowest BCUT2D eigenvalue weighted by Gasteiger charge is -2.26. The molecule has 16 heavy (non-hydrogen) atoms. The van der Waals surface area contributed by atoms with Gasteiger partial charge in [0.2, 0.25) is 8.32 Å². The minimum Gasteiger partial charge on any atom is -0.542 e. The Morgan fingerprint density at radius 2 is 1.81 bits per heavy atom. The van der Waals surface area contributed by atoms with Crippen molar-refractivity contribution in [3.63, 3.8) is 0 Å². The van der Waals surface area contributed by atoms with Gasteiger partial charge in [0.1, 0.15) is 11.6 Å². The van der Waals surface area contributed by atoms with Gasteiger partial charge in [0.15, 0.2) is 0 Å². The summed E-state index contributed by atoms with van der Waals surface area (Å²) in [6.45, 7) is 6.22. The maximum atomic E-state index is 13.8. The van der Waals surface area contributed by atoms with Crippen LogP contribution in [0.15, 0.2) is 30.1 Å². The van der Waals surface area contributed by atoms with Crippen LogP contribution in [-0.2, 0) is 10.8 Å². The molecule has 86 valence electrons. The predicted molar refractivity (Wildman–Crippen MR) is 67.2 cm³/mol. The Bertz CT molecular complexity index is 432. The molecule has 0 aromatic heterocycles. The summed E-state index contributed by atoms with van der Waals surface area (Å²) in [6.07, 6.45) is 1.25. The van der Waals surface area contributed by atoms with Crippen LogP contribution in [0.4, 0.5) is 4.39 Å². The fraction of sp³-hybridized carbons (Fsp3) is 0.385. The quantitative estimate of drug-likeness (QED) is 0.702. The first-order valence-electron chi connectivity index (χ1n) is 5.63. The number of aryl methyl sites for hydroxylation is 1. The Kier molecular flexibility index (Phi) is 2.89. The largest absolute Gasteiger partial charge is 0.542 e. The zero-order valence-corrected chi connectivity index (χ0v) is 11.0. The van der Waals surface area contributed by atoms with Crippen LogP contribution in [0.5, 0.6) is 0 Å². The van der Waals surface area contributed by atoms with Gasteiger partial charge in [-0.15, -0.1) is 0 Å². The lowest BCUT2D eigenvalue weighted by Crippen LogP contribution is -2.25. The van der Waals surface area contributed by atoms with Gasteiger partial charge in [0.25, 0.3) is 0 Å². The van der Waals surface area contributed by atoms with Crippen molar-refractivity contribution in [3.8, 4) is 0 Å². The van der Waals surface area contributed by atoms with Crippen LogP contribution >= 0.6 is 0 Å². The van der Waals surface area contributed by atoms with Crippen molar-refractivity contribution in [1.82, 2.24) is 0 Å². The first-order valence-corrected chi connectivity index (χ1v) is 9.04. The molecule has 0 heterocycles. The molecular formula is C13H17FOSi. The van der Waals surface area contributed by atoms with E-state index in [9.17, 15) is 4.39 Å². The molecule has 1 aliphatic rings. The van der Waals surface area contributed by atoms with E-state index in [1.807, 2.05) is 18.2 Å². The van der Waals surface area contributed by atoms with Crippen LogP contribution in [0, 0.1) is 0 Å². The Morgan fingerprint density at radius 3 is 2.50 bits per heavy atom. The number of fused-ring (bicyclic) bond motifs is 1. The van der Waals surface area contributed by atoms with E-state index >= 15 is 0 Å². The normalized spacial score (nSPS) is 16.0. The van der Waals surface area contributed by atoms with E-state index in [1.165, 1.54) is 5.56 Å². The van der Waals surface area contributed by atoms with E-state index in [0.717, 1.165) is 12.0 Å². The molecule has 2 rings (SSSR count). The first-order chi connectivity index (χ1) is 7.47. The summed E-state index contributed by atoms with van der Waals surface area (Å²) < 4.78 is 19.7. The molecular weight excluding hydrogens is 219 g/mol. The monoisotopic (exact) mass is 236 g/mol. The van der Waals surface area contributed by atoms with Crippen molar-refractivity contribution in [3.05, 3.63) is 41.2 Å². The Labute approximate surface area is 97.1 Å². The number of rotatable bonds is 2. The first kappa shape index (κ1) is 11.4. The van der Waals surface area contributed by atoms with Crippen LogP contribution in [0.2, 0.25) is 19.6 Å². The Morgan fingerprint density at radius 1 is 1.12 bits per heavy atom. The summed E-state index contributed by atoms with van der Waals surface area (Å²) in [6, 6.07) is 7.93. The zero-order valence-electron chi connectivity index (χ0n) is 10.0. The topological polar surface area (TPSA) is 9.23 Å². The van der Waals surface area contributed by atoms with Crippen LogP contribution in [-0.4, -0.2) is 8.32 Å². The number of halogens is 1. The van der Waals surface area contributed by atoms with Gasteiger partial charge in [-0.1, -0.05) is 24.3 Å². The molecule has 1 nitrogen and oxygen atoms in total. The minimum atomic E-state index is -1.75. The summed E-state index contributed by atoms with van der Waals surface area (Å²) in [4.78, 5) is 0. The summed E-state index contributed by atoms with van der Waals surface area (Å²) in [5, 5.41) is 0. The molecule has 0 fully saturated rings. The lowest BCUT2D eigenvalue weighted by atomic mass is 9.95. The van der Waals surface area contributed by atoms with Crippen molar-refractivity contribution < 1.29 is 8.82 Å². The van der Waals surface area contributed by atoms with Crippen LogP contribution in [0.25, 0.3) is 5.76 Å². The molecule has 0 saturated carbocycles. The summed E-state index contributed by atoms with van der Waals surface area (Å²) in [5.41, 5.74) is 2.13. The van der Waals surface area contributed by atoms with Gasteiger partial charge >= 0.3 is 0 Å². The Balaban J connectivity index is 2.42. The average molecular weight is 236 g/mol. The van der Waals surface area contributed by atoms with Crippen molar-refractivity contribution in [2.45, 2.75) is 32.5 Å². The van der Waals surface area contributed by atoms with Crippen molar-refractivity contribution >= 4 is 14.1 Å². The molecule has 0 saturated heterocycles. The molecule has 1 aromatic rings. The lowest BCUT2D eigenvalue weighted by molar-refractivity contribution is 0.464. The van der Waals surface area contributed by atoms with Crippen LogP contribution in [0.3, 0.4) is 0 Å². The number of hydrogen-bond donors (Lipinski definition) is 0. The molecule has 1 aromatic carbocycles. The molecule has 0 bridgehead atoms. The van der Waals surface area contributed by atoms with E-state index < -0.39 is 8.32 Å². The van der Waals surface area contributed by atoms with Crippen molar-refractivity contribution in [2.24, 2.45) is 0 Å². The highest BCUT2D eigenvalue weighted by molar-refractivity contribution is 6.70. The highest BCUT2D eigenvalue weighted by Crippen LogP contribution is 2.34. The zero-order chi connectivity index (χ0) is 11.8. The number of hydrogen-bond acceptors (Lipinski definition) is 1. The summed E-state index contributed by atoms with van der Waals surface area (Å²) >= 11 is 0. The second-order valence-corrected chi connectivity index (χ2v) is 9.53.